The average molecular weight is 343 g/mol. The van der Waals surface area contributed by atoms with Gasteiger partial charge in [0, 0.05) is 23.6 Å². The van der Waals surface area contributed by atoms with E-state index >= 15 is 0 Å². The number of amides is 1. The highest BCUT2D eigenvalue weighted by atomic mass is 16.5. The molecule has 0 spiro atoms. The Kier molecular flexibility index (Phi) is 4.61. The second-order valence-electron chi connectivity index (χ2n) is 7.18. The van der Waals surface area contributed by atoms with Crippen molar-refractivity contribution in [2.75, 3.05) is 13.2 Å². The van der Waals surface area contributed by atoms with E-state index in [2.05, 4.69) is 22.4 Å². The number of aromatic amines is 1. The van der Waals surface area contributed by atoms with Crippen molar-refractivity contribution in [1.82, 2.24) is 15.5 Å². The number of H-pyrrole nitrogens is 1. The summed E-state index contributed by atoms with van der Waals surface area (Å²) in [5.74, 6) is 1.13. The smallest absolute Gasteiger partial charge is 0.225 e. The number of aromatic nitrogens is 2. The van der Waals surface area contributed by atoms with Crippen molar-refractivity contribution in [3.8, 4) is 5.75 Å². The van der Waals surface area contributed by atoms with Gasteiger partial charge in [-0.3, -0.25) is 9.89 Å². The Bertz CT molecular complexity index is 743. The maximum absolute atomic E-state index is 12.2. The molecule has 1 unspecified atom stereocenters. The number of carbonyl (C=O) groups is 1. The molecule has 2 fully saturated rings. The van der Waals surface area contributed by atoms with Gasteiger partial charge in [0.25, 0.3) is 0 Å². The van der Waals surface area contributed by atoms with Crippen LogP contribution in [0.1, 0.15) is 37.7 Å². The molecule has 4 rings (SSSR count). The molecule has 2 heterocycles. The van der Waals surface area contributed by atoms with Crippen LogP contribution >= 0.6 is 0 Å². The van der Waals surface area contributed by atoms with E-state index < -0.39 is 0 Å². The first kappa shape index (κ1) is 16.4. The van der Waals surface area contributed by atoms with E-state index in [0.717, 1.165) is 54.3 Å². The van der Waals surface area contributed by atoms with Crippen molar-refractivity contribution in [2.45, 2.75) is 51.2 Å². The van der Waals surface area contributed by atoms with Crippen LogP contribution in [0.25, 0.3) is 10.9 Å². The van der Waals surface area contributed by atoms with E-state index in [0.29, 0.717) is 13.2 Å². The van der Waals surface area contributed by atoms with E-state index in [9.17, 15) is 4.79 Å². The van der Waals surface area contributed by atoms with Crippen LogP contribution in [0.15, 0.2) is 18.3 Å². The van der Waals surface area contributed by atoms with Crippen LogP contribution in [0, 0.1) is 12.8 Å². The van der Waals surface area contributed by atoms with Gasteiger partial charge in [0.05, 0.1) is 30.3 Å². The number of benzene rings is 1. The lowest BCUT2D eigenvalue weighted by Crippen LogP contribution is -2.42. The standard InChI is InChI=1S/C19H25N3O3/c1-12-16-10-20-22-17(16)6-7-18(12)25-15-4-2-14(3-5-15)21-19(23)13-8-9-24-11-13/h6-7,10,13-15H,2-5,8-9,11H2,1H3,(H,20,22)(H,21,23). The number of hydrogen-bond donors (Lipinski definition) is 2. The number of carbonyl (C=O) groups excluding carboxylic acids is 1. The summed E-state index contributed by atoms with van der Waals surface area (Å²) in [5, 5.41) is 11.4. The Morgan fingerprint density at radius 2 is 2.12 bits per heavy atom. The van der Waals surface area contributed by atoms with Crippen molar-refractivity contribution in [1.29, 1.82) is 0 Å². The van der Waals surface area contributed by atoms with E-state index in [4.69, 9.17) is 9.47 Å². The van der Waals surface area contributed by atoms with Gasteiger partial charge in [-0.1, -0.05) is 0 Å². The summed E-state index contributed by atoms with van der Waals surface area (Å²) in [6.45, 7) is 3.35. The van der Waals surface area contributed by atoms with Crippen LogP contribution in [-0.2, 0) is 9.53 Å². The van der Waals surface area contributed by atoms with E-state index in [-0.39, 0.29) is 24.0 Å². The Labute approximate surface area is 147 Å². The molecule has 6 nitrogen and oxygen atoms in total. The number of rotatable bonds is 4. The zero-order valence-electron chi connectivity index (χ0n) is 14.6. The molecule has 2 aromatic rings. The molecule has 1 atom stereocenters. The zero-order valence-corrected chi connectivity index (χ0v) is 14.6. The lowest BCUT2D eigenvalue weighted by Gasteiger charge is -2.30. The molecule has 1 aromatic carbocycles. The van der Waals surface area contributed by atoms with E-state index in [1.807, 2.05) is 18.3 Å². The van der Waals surface area contributed by atoms with Crippen LogP contribution in [0.5, 0.6) is 5.75 Å². The molecular formula is C19H25N3O3. The predicted molar refractivity (Wildman–Crippen MR) is 94.6 cm³/mol. The molecule has 2 aliphatic rings. The molecule has 25 heavy (non-hydrogen) atoms. The summed E-state index contributed by atoms with van der Waals surface area (Å²) < 4.78 is 11.5. The third-order valence-corrected chi connectivity index (χ3v) is 5.46. The topological polar surface area (TPSA) is 76.2 Å². The number of ether oxygens (including phenoxy) is 2. The van der Waals surface area contributed by atoms with Crippen LogP contribution in [0.3, 0.4) is 0 Å². The molecule has 1 aliphatic carbocycles. The van der Waals surface area contributed by atoms with Crippen LogP contribution in [0.4, 0.5) is 0 Å². The minimum Gasteiger partial charge on any atom is -0.490 e. The summed E-state index contributed by atoms with van der Waals surface area (Å²) >= 11 is 0. The molecule has 0 bridgehead atoms. The van der Waals surface area contributed by atoms with Gasteiger partial charge in [0.1, 0.15) is 5.75 Å². The molecule has 1 aliphatic heterocycles. The fourth-order valence-corrected chi connectivity index (χ4v) is 3.83. The molecule has 1 saturated carbocycles. The van der Waals surface area contributed by atoms with Gasteiger partial charge in [-0.2, -0.15) is 5.10 Å². The first-order chi connectivity index (χ1) is 12.2. The van der Waals surface area contributed by atoms with Gasteiger partial charge < -0.3 is 14.8 Å². The van der Waals surface area contributed by atoms with E-state index in [1.165, 1.54) is 0 Å². The Balaban J connectivity index is 1.31. The lowest BCUT2D eigenvalue weighted by atomic mass is 9.92. The fraction of sp³-hybridized carbons (Fsp3) is 0.579. The highest BCUT2D eigenvalue weighted by Gasteiger charge is 2.28. The minimum atomic E-state index is 0.0401. The van der Waals surface area contributed by atoms with Gasteiger partial charge in [-0.25, -0.2) is 0 Å². The lowest BCUT2D eigenvalue weighted by molar-refractivity contribution is -0.126. The first-order valence-electron chi connectivity index (χ1n) is 9.18. The number of nitrogens with one attached hydrogen (secondary N) is 2. The average Bonchev–Trinajstić information content (AvgIpc) is 3.30. The Morgan fingerprint density at radius 3 is 2.88 bits per heavy atom. The number of nitrogens with zero attached hydrogens (tertiary/aromatic N) is 1. The van der Waals surface area contributed by atoms with Crippen molar-refractivity contribution >= 4 is 16.8 Å². The fourth-order valence-electron chi connectivity index (χ4n) is 3.83. The maximum Gasteiger partial charge on any atom is 0.225 e. The molecule has 1 amide bonds. The van der Waals surface area contributed by atoms with Gasteiger partial charge in [-0.15, -0.1) is 0 Å². The normalized spacial score (nSPS) is 26.7. The van der Waals surface area contributed by atoms with Crippen LogP contribution < -0.4 is 10.1 Å². The van der Waals surface area contributed by atoms with Crippen LogP contribution in [0.2, 0.25) is 0 Å². The first-order valence-corrected chi connectivity index (χ1v) is 9.18. The molecular weight excluding hydrogens is 318 g/mol. The van der Waals surface area contributed by atoms with E-state index in [1.54, 1.807) is 0 Å². The molecule has 0 radical (unpaired) electrons. The quantitative estimate of drug-likeness (QED) is 0.895. The molecule has 2 N–H and O–H groups in total. The Morgan fingerprint density at radius 1 is 1.28 bits per heavy atom. The van der Waals surface area contributed by atoms with Crippen molar-refractivity contribution in [3.63, 3.8) is 0 Å². The highest BCUT2D eigenvalue weighted by Crippen LogP contribution is 2.30. The van der Waals surface area contributed by atoms with Crippen molar-refractivity contribution in [2.24, 2.45) is 5.92 Å². The third kappa shape index (κ3) is 3.49. The summed E-state index contributed by atoms with van der Waals surface area (Å²) in [5.41, 5.74) is 2.16. The number of fused-ring (bicyclic) bond motifs is 1. The largest absolute Gasteiger partial charge is 0.490 e. The molecule has 1 saturated heterocycles. The summed E-state index contributed by atoms with van der Waals surface area (Å²) in [4.78, 5) is 12.2. The SMILES string of the molecule is Cc1c(OC2CCC(NC(=O)C3CCOC3)CC2)ccc2[nH]ncc12. The predicted octanol–water partition coefficient (Wildman–Crippen LogP) is 2.71. The maximum atomic E-state index is 12.2. The Hall–Kier alpha value is -2.08. The molecule has 134 valence electrons. The second kappa shape index (κ2) is 7.04. The monoisotopic (exact) mass is 343 g/mol. The van der Waals surface area contributed by atoms with Crippen molar-refractivity contribution < 1.29 is 14.3 Å². The summed E-state index contributed by atoms with van der Waals surface area (Å²) in [6, 6.07) is 4.30. The van der Waals surface area contributed by atoms with Gasteiger partial charge in [0.2, 0.25) is 5.91 Å². The number of hydrogen-bond acceptors (Lipinski definition) is 4. The third-order valence-electron chi connectivity index (χ3n) is 5.46. The highest BCUT2D eigenvalue weighted by molar-refractivity contribution is 5.83. The van der Waals surface area contributed by atoms with Gasteiger partial charge >= 0.3 is 0 Å². The van der Waals surface area contributed by atoms with Gasteiger partial charge in [-0.05, 0) is 51.2 Å². The number of aryl methyl sites for hydroxylation is 1. The van der Waals surface area contributed by atoms with Crippen molar-refractivity contribution in [3.05, 3.63) is 23.9 Å². The summed E-state index contributed by atoms with van der Waals surface area (Å²) in [7, 11) is 0. The second-order valence-corrected chi connectivity index (χ2v) is 7.18. The molecule has 6 heteroatoms. The molecule has 1 aromatic heterocycles. The minimum absolute atomic E-state index is 0.0401. The van der Waals surface area contributed by atoms with Gasteiger partial charge in [0.15, 0.2) is 0 Å². The summed E-state index contributed by atoms with van der Waals surface area (Å²) in [6.07, 6.45) is 6.78. The zero-order chi connectivity index (χ0) is 17.2. The van der Waals surface area contributed by atoms with Crippen LogP contribution in [-0.4, -0.2) is 41.5 Å².